The molecule has 2 N–H and O–H groups in total. The van der Waals surface area contributed by atoms with Crippen LogP contribution in [-0.4, -0.2) is 25.8 Å². The van der Waals surface area contributed by atoms with E-state index >= 15 is 0 Å². The number of rotatable bonds is 5. The SMILES string of the molecule is CNC(=O)Oc1cccc(NC(=O)OCCC(C)C)c1. The first-order valence-corrected chi connectivity index (χ1v) is 6.44. The number of carbonyl (C=O) groups excluding carboxylic acids is 2. The lowest BCUT2D eigenvalue weighted by molar-refractivity contribution is 0.155. The van der Waals surface area contributed by atoms with Gasteiger partial charge in [-0.15, -0.1) is 0 Å². The predicted molar refractivity (Wildman–Crippen MR) is 76.0 cm³/mol. The van der Waals surface area contributed by atoms with Crippen molar-refractivity contribution in [2.24, 2.45) is 5.92 Å². The Labute approximate surface area is 118 Å². The fraction of sp³-hybridized carbons (Fsp3) is 0.429. The molecular formula is C14H20N2O4. The summed E-state index contributed by atoms with van der Waals surface area (Å²) in [6.07, 6.45) is -0.280. The van der Waals surface area contributed by atoms with E-state index in [2.05, 4.69) is 24.5 Å². The first-order chi connectivity index (χ1) is 9.51. The van der Waals surface area contributed by atoms with Crippen molar-refractivity contribution in [3.05, 3.63) is 24.3 Å². The molecule has 0 fully saturated rings. The summed E-state index contributed by atoms with van der Waals surface area (Å²) in [5.41, 5.74) is 0.501. The summed E-state index contributed by atoms with van der Waals surface area (Å²) in [5.74, 6) is 0.816. The molecule has 6 nitrogen and oxygen atoms in total. The second kappa shape index (κ2) is 8.04. The molecule has 0 aliphatic carbocycles. The predicted octanol–water partition coefficient (Wildman–Crippen LogP) is 3.00. The average molecular weight is 280 g/mol. The highest BCUT2D eigenvalue weighted by atomic mass is 16.6. The van der Waals surface area contributed by atoms with Crippen LogP contribution in [0.25, 0.3) is 0 Å². The smallest absolute Gasteiger partial charge is 0.412 e. The Kier molecular flexibility index (Phi) is 6.36. The molecule has 20 heavy (non-hydrogen) atoms. The molecule has 2 amide bonds. The first kappa shape index (κ1) is 15.8. The fourth-order valence-corrected chi connectivity index (χ4v) is 1.34. The number of hydrogen-bond donors (Lipinski definition) is 2. The molecule has 6 heteroatoms. The van der Waals surface area contributed by atoms with Crippen molar-refractivity contribution in [3.8, 4) is 5.75 Å². The van der Waals surface area contributed by atoms with Gasteiger partial charge in [-0.2, -0.15) is 0 Å². The Hall–Kier alpha value is -2.24. The summed E-state index contributed by atoms with van der Waals surface area (Å²) >= 11 is 0. The molecule has 0 saturated heterocycles. The van der Waals surface area contributed by atoms with Crippen LogP contribution in [0.2, 0.25) is 0 Å². The number of amides is 2. The summed E-state index contributed by atoms with van der Waals surface area (Å²) in [6.45, 7) is 4.49. The van der Waals surface area contributed by atoms with E-state index in [0.717, 1.165) is 6.42 Å². The Balaban J connectivity index is 2.49. The minimum atomic E-state index is -0.568. The van der Waals surface area contributed by atoms with Gasteiger partial charge < -0.3 is 14.8 Å². The van der Waals surface area contributed by atoms with E-state index in [9.17, 15) is 9.59 Å². The first-order valence-electron chi connectivity index (χ1n) is 6.44. The van der Waals surface area contributed by atoms with Crippen LogP contribution < -0.4 is 15.4 Å². The Morgan fingerprint density at radius 2 is 2.00 bits per heavy atom. The van der Waals surface area contributed by atoms with Gasteiger partial charge >= 0.3 is 12.2 Å². The second-order valence-electron chi connectivity index (χ2n) is 4.61. The third-order valence-corrected chi connectivity index (χ3v) is 2.42. The van der Waals surface area contributed by atoms with E-state index in [4.69, 9.17) is 9.47 Å². The van der Waals surface area contributed by atoms with Gasteiger partial charge in [-0.05, 0) is 24.5 Å². The van der Waals surface area contributed by atoms with E-state index < -0.39 is 12.2 Å². The number of benzene rings is 1. The summed E-state index contributed by atoms with van der Waals surface area (Å²) in [5, 5.41) is 4.91. The van der Waals surface area contributed by atoms with Gasteiger partial charge in [-0.25, -0.2) is 9.59 Å². The van der Waals surface area contributed by atoms with Crippen molar-refractivity contribution < 1.29 is 19.1 Å². The molecule has 0 saturated carbocycles. The molecule has 110 valence electrons. The highest BCUT2D eigenvalue weighted by molar-refractivity contribution is 5.85. The molecule has 1 aromatic carbocycles. The minimum Gasteiger partial charge on any atom is -0.449 e. The maximum atomic E-state index is 11.5. The zero-order chi connectivity index (χ0) is 15.0. The van der Waals surface area contributed by atoms with E-state index in [0.29, 0.717) is 24.0 Å². The second-order valence-corrected chi connectivity index (χ2v) is 4.61. The van der Waals surface area contributed by atoms with Gasteiger partial charge in [-0.3, -0.25) is 5.32 Å². The fourth-order valence-electron chi connectivity index (χ4n) is 1.34. The number of carbonyl (C=O) groups is 2. The van der Waals surface area contributed by atoms with Crippen LogP contribution in [0.4, 0.5) is 15.3 Å². The Morgan fingerprint density at radius 1 is 1.25 bits per heavy atom. The largest absolute Gasteiger partial charge is 0.449 e. The van der Waals surface area contributed by atoms with Gasteiger partial charge in [0.2, 0.25) is 0 Å². The molecule has 0 heterocycles. The van der Waals surface area contributed by atoms with E-state index in [-0.39, 0.29) is 0 Å². The number of anilines is 1. The molecule has 0 radical (unpaired) electrons. The van der Waals surface area contributed by atoms with Crippen molar-refractivity contribution in [1.82, 2.24) is 5.32 Å². The van der Waals surface area contributed by atoms with Gasteiger partial charge in [0.25, 0.3) is 0 Å². The topological polar surface area (TPSA) is 76.7 Å². The average Bonchev–Trinajstić information content (AvgIpc) is 2.38. The maximum Gasteiger partial charge on any atom is 0.412 e. The molecule has 0 aliphatic heterocycles. The molecule has 0 bridgehead atoms. The molecule has 1 rings (SSSR count). The van der Waals surface area contributed by atoms with Crippen LogP contribution in [0, 0.1) is 5.92 Å². The van der Waals surface area contributed by atoms with Gasteiger partial charge in [-0.1, -0.05) is 19.9 Å². The lowest BCUT2D eigenvalue weighted by atomic mass is 10.1. The molecule has 0 spiro atoms. The van der Waals surface area contributed by atoms with Crippen LogP contribution in [0.15, 0.2) is 24.3 Å². The maximum absolute atomic E-state index is 11.5. The molecule has 0 aromatic heterocycles. The highest BCUT2D eigenvalue weighted by Crippen LogP contribution is 2.17. The van der Waals surface area contributed by atoms with E-state index in [1.54, 1.807) is 24.3 Å². The lowest BCUT2D eigenvalue weighted by Gasteiger charge is -2.09. The zero-order valence-corrected chi connectivity index (χ0v) is 11.9. The lowest BCUT2D eigenvalue weighted by Crippen LogP contribution is -2.22. The van der Waals surface area contributed by atoms with Crippen molar-refractivity contribution in [1.29, 1.82) is 0 Å². The standard InChI is InChI=1S/C14H20N2O4/c1-10(2)7-8-19-14(18)16-11-5-4-6-12(9-11)20-13(17)15-3/h4-6,9-10H,7-8H2,1-3H3,(H,15,17)(H,16,18). The quantitative estimate of drug-likeness (QED) is 0.869. The summed E-state index contributed by atoms with van der Waals surface area (Å²) in [4.78, 5) is 22.6. The van der Waals surface area contributed by atoms with Crippen LogP contribution >= 0.6 is 0 Å². The van der Waals surface area contributed by atoms with Crippen molar-refractivity contribution in [3.63, 3.8) is 0 Å². The van der Waals surface area contributed by atoms with Crippen LogP contribution in [-0.2, 0) is 4.74 Å². The molecule has 0 atom stereocenters. The number of ether oxygens (including phenoxy) is 2. The van der Waals surface area contributed by atoms with Crippen LogP contribution in [0.5, 0.6) is 5.75 Å². The normalized spacial score (nSPS) is 10.0. The molecular weight excluding hydrogens is 260 g/mol. The zero-order valence-electron chi connectivity index (χ0n) is 11.9. The van der Waals surface area contributed by atoms with Crippen molar-refractivity contribution in [2.45, 2.75) is 20.3 Å². The van der Waals surface area contributed by atoms with Gasteiger partial charge in [0.05, 0.1) is 6.61 Å². The number of nitrogens with one attached hydrogen (secondary N) is 2. The van der Waals surface area contributed by atoms with Gasteiger partial charge in [0, 0.05) is 18.8 Å². The summed E-state index contributed by atoms with van der Waals surface area (Å²) < 4.78 is 9.98. The van der Waals surface area contributed by atoms with Crippen molar-refractivity contribution >= 4 is 17.9 Å². The van der Waals surface area contributed by atoms with Crippen molar-refractivity contribution in [2.75, 3.05) is 19.0 Å². The Morgan fingerprint density at radius 3 is 2.65 bits per heavy atom. The summed E-state index contributed by atoms with van der Waals surface area (Å²) in [7, 11) is 1.47. The van der Waals surface area contributed by atoms with Gasteiger partial charge in [0.15, 0.2) is 0 Å². The molecule has 0 aliphatic rings. The summed E-state index contributed by atoms with van der Waals surface area (Å²) in [6, 6.07) is 6.51. The van der Waals surface area contributed by atoms with E-state index in [1.165, 1.54) is 7.05 Å². The van der Waals surface area contributed by atoms with Gasteiger partial charge in [0.1, 0.15) is 5.75 Å². The molecule has 1 aromatic rings. The third-order valence-electron chi connectivity index (χ3n) is 2.42. The van der Waals surface area contributed by atoms with Crippen LogP contribution in [0.1, 0.15) is 20.3 Å². The molecule has 0 unspecified atom stereocenters. The Bertz CT molecular complexity index is 460. The van der Waals surface area contributed by atoms with Crippen LogP contribution in [0.3, 0.4) is 0 Å². The highest BCUT2D eigenvalue weighted by Gasteiger charge is 2.06. The monoisotopic (exact) mass is 280 g/mol. The minimum absolute atomic E-state index is 0.337. The van der Waals surface area contributed by atoms with E-state index in [1.807, 2.05) is 0 Å². The number of hydrogen-bond acceptors (Lipinski definition) is 4. The third kappa shape index (κ3) is 6.08.